The van der Waals surface area contributed by atoms with E-state index >= 15 is 0 Å². The Morgan fingerprint density at radius 1 is 1.24 bits per heavy atom. The predicted molar refractivity (Wildman–Crippen MR) is 72.0 cm³/mol. The summed E-state index contributed by atoms with van der Waals surface area (Å²) in [5.41, 5.74) is 0. The van der Waals surface area contributed by atoms with E-state index in [4.69, 9.17) is 0 Å². The lowest BCUT2D eigenvalue weighted by molar-refractivity contribution is -0.121. The maximum atomic E-state index is 11.5. The van der Waals surface area contributed by atoms with Gasteiger partial charge in [-0.25, -0.2) is 0 Å². The minimum Gasteiger partial charge on any atom is -0.353 e. The Labute approximate surface area is 106 Å². The molecule has 0 aliphatic carbocycles. The molecule has 3 heteroatoms. The highest BCUT2D eigenvalue weighted by Gasteiger charge is 2.17. The van der Waals surface area contributed by atoms with Gasteiger partial charge >= 0.3 is 0 Å². The first-order chi connectivity index (χ1) is 8.13. The molecule has 0 spiro atoms. The molecule has 17 heavy (non-hydrogen) atoms. The zero-order chi connectivity index (χ0) is 12.7. The number of carbonyl (C=O) groups is 1. The second-order valence-corrected chi connectivity index (χ2v) is 5.46. The zero-order valence-electron chi connectivity index (χ0n) is 11.7. The van der Waals surface area contributed by atoms with Gasteiger partial charge in [-0.15, -0.1) is 0 Å². The Hall–Kier alpha value is -0.570. The number of nitrogens with zero attached hydrogens (tertiary/aromatic N) is 1. The van der Waals surface area contributed by atoms with Crippen LogP contribution in [0.2, 0.25) is 0 Å². The quantitative estimate of drug-likeness (QED) is 0.773. The first kappa shape index (κ1) is 14.5. The molecule has 3 nitrogen and oxygen atoms in total. The highest BCUT2D eigenvalue weighted by Crippen LogP contribution is 2.12. The van der Waals surface area contributed by atoms with Gasteiger partial charge in [-0.3, -0.25) is 4.79 Å². The molecular weight excluding hydrogens is 212 g/mol. The summed E-state index contributed by atoms with van der Waals surface area (Å²) in [4.78, 5) is 14.0. The lowest BCUT2D eigenvalue weighted by atomic mass is 10.00. The molecule has 0 saturated carbocycles. The van der Waals surface area contributed by atoms with E-state index in [0.29, 0.717) is 18.4 Å². The second-order valence-electron chi connectivity index (χ2n) is 5.46. The van der Waals surface area contributed by atoms with Gasteiger partial charge in [-0.05, 0) is 38.3 Å². The topological polar surface area (TPSA) is 32.3 Å². The highest BCUT2D eigenvalue weighted by atomic mass is 16.1. The van der Waals surface area contributed by atoms with Crippen molar-refractivity contribution in [2.45, 2.75) is 58.9 Å². The zero-order valence-corrected chi connectivity index (χ0v) is 11.7. The fraction of sp³-hybridized carbons (Fsp3) is 0.929. The van der Waals surface area contributed by atoms with Crippen molar-refractivity contribution in [2.75, 3.05) is 19.6 Å². The Bertz CT molecular complexity index is 222. The van der Waals surface area contributed by atoms with Gasteiger partial charge in [0.2, 0.25) is 5.91 Å². The second kappa shape index (κ2) is 7.70. The van der Waals surface area contributed by atoms with Crippen LogP contribution in [0.1, 0.15) is 52.9 Å². The van der Waals surface area contributed by atoms with Gasteiger partial charge in [0, 0.05) is 19.0 Å². The van der Waals surface area contributed by atoms with Crippen LogP contribution in [-0.2, 0) is 4.79 Å². The molecule has 0 aromatic heterocycles. The van der Waals surface area contributed by atoms with E-state index in [0.717, 1.165) is 13.0 Å². The molecule has 1 heterocycles. The third-order valence-corrected chi connectivity index (χ3v) is 3.68. The normalized spacial score (nSPS) is 19.3. The van der Waals surface area contributed by atoms with Crippen molar-refractivity contribution >= 4 is 5.91 Å². The van der Waals surface area contributed by atoms with Crippen molar-refractivity contribution in [3.05, 3.63) is 0 Å². The standard InChI is InChI=1S/C14H28N2O/c1-4-14(17)15-13(12(2)3)8-11-16-9-6-5-7-10-16/h12-13H,4-11H2,1-3H3,(H,15,17)/t13-/m1/s1. The van der Waals surface area contributed by atoms with Gasteiger partial charge in [0.15, 0.2) is 0 Å². The smallest absolute Gasteiger partial charge is 0.219 e. The number of amides is 1. The minimum atomic E-state index is 0.183. The average Bonchev–Trinajstić information content (AvgIpc) is 2.35. The molecule has 1 aliphatic heterocycles. The molecule has 0 radical (unpaired) electrons. The average molecular weight is 240 g/mol. The Kier molecular flexibility index (Phi) is 6.56. The Balaban J connectivity index is 2.30. The number of hydrogen-bond donors (Lipinski definition) is 1. The molecule has 0 bridgehead atoms. The van der Waals surface area contributed by atoms with Crippen molar-refractivity contribution in [3.63, 3.8) is 0 Å². The van der Waals surface area contributed by atoms with Gasteiger partial charge < -0.3 is 10.2 Å². The van der Waals surface area contributed by atoms with Crippen molar-refractivity contribution in [1.29, 1.82) is 0 Å². The predicted octanol–water partition coefficient (Wildman–Crippen LogP) is 2.41. The van der Waals surface area contributed by atoms with Crippen LogP contribution < -0.4 is 5.32 Å². The molecule has 1 atom stereocenters. The third kappa shape index (κ3) is 5.53. The van der Waals surface area contributed by atoms with Gasteiger partial charge in [0.05, 0.1) is 0 Å². The molecule has 0 aromatic carbocycles. The molecule has 100 valence electrons. The van der Waals surface area contributed by atoms with Gasteiger partial charge in [0.1, 0.15) is 0 Å². The largest absolute Gasteiger partial charge is 0.353 e. The molecular formula is C14H28N2O. The van der Waals surface area contributed by atoms with Crippen LogP contribution >= 0.6 is 0 Å². The molecule has 1 aliphatic rings. The number of rotatable bonds is 6. The van der Waals surface area contributed by atoms with Gasteiger partial charge in [-0.1, -0.05) is 27.2 Å². The molecule has 1 rings (SSSR count). The van der Waals surface area contributed by atoms with Crippen LogP contribution in [0.25, 0.3) is 0 Å². The lowest BCUT2D eigenvalue weighted by Crippen LogP contribution is -2.41. The monoisotopic (exact) mass is 240 g/mol. The third-order valence-electron chi connectivity index (χ3n) is 3.68. The molecule has 0 unspecified atom stereocenters. The summed E-state index contributed by atoms with van der Waals surface area (Å²) in [6, 6.07) is 0.337. The summed E-state index contributed by atoms with van der Waals surface area (Å²) in [6.07, 6.45) is 5.74. The maximum absolute atomic E-state index is 11.5. The summed E-state index contributed by atoms with van der Waals surface area (Å²) in [7, 11) is 0. The van der Waals surface area contributed by atoms with E-state index < -0.39 is 0 Å². The Morgan fingerprint density at radius 2 is 1.88 bits per heavy atom. The van der Waals surface area contributed by atoms with Crippen molar-refractivity contribution in [1.82, 2.24) is 10.2 Å². The van der Waals surface area contributed by atoms with Gasteiger partial charge in [-0.2, -0.15) is 0 Å². The summed E-state index contributed by atoms with van der Waals surface area (Å²) in [6.45, 7) is 9.91. The van der Waals surface area contributed by atoms with E-state index in [1.165, 1.54) is 32.4 Å². The van der Waals surface area contributed by atoms with Crippen molar-refractivity contribution in [3.8, 4) is 0 Å². The number of carbonyl (C=O) groups excluding carboxylic acids is 1. The first-order valence-corrected chi connectivity index (χ1v) is 7.15. The Morgan fingerprint density at radius 3 is 2.41 bits per heavy atom. The molecule has 1 amide bonds. The summed E-state index contributed by atoms with van der Waals surface area (Å²) in [5.74, 6) is 0.706. The molecule has 0 aromatic rings. The van der Waals surface area contributed by atoms with E-state index in [2.05, 4.69) is 24.1 Å². The summed E-state index contributed by atoms with van der Waals surface area (Å²) < 4.78 is 0. The van der Waals surface area contributed by atoms with E-state index in [-0.39, 0.29) is 5.91 Å². The summed E-state index contributed by atoms with van der Waals surface area (Å²) in [5, 5.41) is 3.14. The number of likely N-dealkylation sites (tertiary alicyclic amines) is 1. The lowest BCUT2D eigenvalue weighted by Gasteiger charge is -2.29. The highest BCUT2D eigenvalue weighted by molar-refractivity contribution is 5.75. The number of piperidine rings is 1. The van der Waals surface area contributed by atoms with Crippen LogP contribution in [0.3, 0.4) is 0 Å². The van der Waals surface area contributed by atoms with Crippen LogP contribution in [0.15, 0.2) is 0 Å². The molecule has 1 fully saturated rings. The number of nitrogens with one attached hydrogen (secondary N) is 1. The van der Waals surface area contributed by atoms with Gasteiger partial charge in [0.25, 0.3) is 0 Å². The number of hydrogen-bond acceptors (Lipinski definition) is 2. The first-order valence-electron chi connectivity index (χ1n) is 7.15. The van der Waals surface area contributed by atoms with Crippen LogP contribution in [0.4, 0.5) is 0 Å². The SMILES string of the molecule is CCC(=O)N[C@H](CCN1CCCCC1)C(C)C. The van der Waals surface area contributed by atoms with Crippen molar-refractivity contribution in [2.24, 2.45) is 5.92 Å². The van der Waals surface area contributed by atoms with Crippen molar-refractivity contribution < 1.29 is 4.79 Å². The van der Waals surface area contributed by atoms with Crippen LogP contribution in [0, 0.1) is 5.92 Å². The summed E-state index contributed by atoms with van der Waals surface area (Å²) >= 11 is 0. The van der Waals surface area contributed by atoms with E-state index in [1.54, 1.807) is 0 Å². The molecule has 1 saturated heterocycles. The van der Waals surface area contributed by atoms with Crippen LogP contribution in [-0.4, -0.2) is 36.5 Å². The maximum Gasteiger partial charge on any atom is 0.219 e. The van der Waals surface area contributed by atoms with Crippen LogP contribution in [0.5, 0.6) is 0 Å². The fourth-order valence-electron chi connectivity index (χ4n) is 2.39. The minimum absolute atomic E-state index is 0.183. The van der Waals surface area contributed by atoms with E-state index in [1.807, 2.05) is 6.92 Å². The fourth-order valence-corrected chi connectivity index (χ4v) is 2.39. The molecule has 1 N–H and O–H groups in total. The van der Waals surface area contributed by atoms with E-state index in [9.17, 15) is 4.79 Å².